The molecule has 0 amide bonds. The van der Waals surface area contributed by atoms with Crippen molar-refractivity contribution in [3.8, 4) is 0 Å². The highest BCUT2D eigenvalue weighted by atomic mass is 15.1. The Morgan fingerprint density at radius 1 is 1.18 bits per heavy atom. The fourth-order valence-corrected chi connectivity index (χ4v) is 2.76. The molecule has 1 fully saturated rings. The van der Waals surface area contributed by atoms with Crippen molar-refractivity contribution >= 4 is 5.69 Å². The molecule has 1 atom stereocenters. The second-order valence-electron chi connectivity index (χ2n) is 5.48. The van der Waals surface area contributed by atoms with Gasteiger partial charge in [-0.05, 0) is 30.0 Å². The smallest absolute Gasteiger partial charge is 0.0361 e. The lowest BCUT2D eigenvalue weighted by molar-refractivity contribution is 0.451. The lowest BCUT2D eigenvalue weighted by atomic mass is 9.94. The van der Waals surface area contributed by atoms with Crippen molar-refractivity contribution in [2.45, 2.75) is 38.1 Å². The van der Waals surface area contributed by atoms with E-state index in [1.807, 2.05) is 0 Å². The fourth-order valence-electron chi connectivity index (χ4n) is 2.76. The van der Waals surface area contributed by atoms with Crippen LogP contribution in [0, 0.1) is 5.92 Å². The standard InChI is InChI=1S/C15H24N2/c1-17(2)14-9-7-13(8-10-14)15(16)11-12-5-3-4-6-12/h7-10,12,15H,3-6,11,16H2,1-2H3. The lowest BCUT2D eigenvalue weighted by Crippen LogP contribution is -2.14. The number of anilines is 1. The van der Waals surface area contributed by atoms with E-state index in [1.165, 1.54) is 36.9 Å². The molecule has 0 heterocycles. The average Bonchev–Trinajstić information content (AvgIpc) is 2.82. The third-order valence-corrected chi connectivity index (χ3v) is 3.90. The zero-order chi connectivity index (χ0) is 12.3. The Morgan fingerprint density at radius 2 is 1.76 bits per heavy atom. The van der Waals surface area contributed by atoms with Crippen LogP contribution >= 0.6 is 0 Å². The van der Waals surface area contributed by atoms with Crippen LogP contribution in [0.2, 0.25) is 0 Å². The number of nitrogens with zero attached hydrogens (tertiary/aromatic N) is 1. The van der Waals surface area contributed by atoms with Crippen molar-refractivity contribution in [3.63, 3.8) is 0 Å². The SMILES string of the molecule is CN(C)c1ccc(C(N)CC2CCCC2)cc1. The van der Waals surface area contributed by atoms with Gasteiger partial charge in [0.15, 0.2) is 0 Å². The molecule has 94 valence electrons. The first-order chi connectivity index (χ1) is 8.16. The minimum Gasteiger partial charge on any atom is -0.378 e. The second kappa shape index (κ2) is 5.54. The van der Waals surface area contributed by atoms with Crippen LogP contribution in [0.15, 0.2) is 24.3 Å². The summed E-state index contributed by atoms with van der Waals surface area (Å²) in [6, 6.07) is 8.88. The van der Waals surface area contributed by atoms with Crippen molar-refractivity contribution < 1.29 is 0 Å². The maximum Gasteiger partial charge on any atom is 0.0361 e. The molecule has 1 aromatic carbocycles. The van der Waals surface area contributed by atoms with E-state index in [1.54, 1.807) is 0 Å². The van der Waals surface area contributed by atoms with Gasteiger partial charge in [0.25, 0.3) is 0 Å². The zero-order valence-electron chi connectivity index (χ0n) is 11.0. The Kier molecular flexibility index (Phi) is 4.06. The molecule has 0 radical (unpaired) electrons. The molecule has 2 N–H and O–H groups in total. The van der Waals surface area contributed by atoms with Crippen LogP contribution in [0.4, 0.5) is 5.69 Å². The van der Waals surface area contributed by atoms with Gasteiger partial charge in [0.1, 0.15) is 0 Å². The van der Waals surface area contributed by atoms with E-state index in [9.17, 15) is 0 Å². The molecule has 1 aromatic rings. The molecule has 2 nitrogen and oxygen atoms in total. The van der Waals surface area contributed by atoms with Gasteiger partial charge in [0.05, 0.1) is 0 Å². The summed E-state index contributed by atoms with van der Waals surface area (Å²) in [4.78, 5) is 2.12. The molecule has 0 aliphatic heterocycles. The molecule has 1 aliphatic rings. The van der Waals surface area contributed by atoms with E-state index in [0.29, 0.717) is 0 Å². The zero-order valence-corrected chi connectivity index (χ0v) is 11.0. The van der Waals surface area contributed by atoms with Gasteiger partial charge >= 0.3 is 0 Å². The Balaban J connectivity index is 1.96. The van der Waals surface area contributed by atoms with Crippen molar-refractivity contribution in [2.24, 2.45) is 11.7 Å². The van der Waals surface area contributed by atoms with Crippen molar-refractivity contribution in [1.29, 1.82) is 0 Å². The third-order valence-electron chi connectivity index (χ3n) is 3.90. The molecule has 1 unspecified atom stereocenters. The Hall–Kier alpha value is -1.02. The van der Waals surface area contributed by atoms with Gasteiger partial charge in [-0.1, -0.05) is 37.8 Å². The van der Waals surface area contributed by atoms with E-state index in [4.69, 9.17) is 5.73 Å². The van der Waals surface area contributed by atoms with Crippen LogP contribution in [0.25, 0.3) is 0 Å². The van der Waals surface area contributed by atoms with Gasteiger partial charge in [-0.2, -0.15) is 0 Å². The van der Waals surface area contributed by atoms with Crippen LogP contribution in [-0.4, -0.2) is 14.1 Å². The topological polar surface area (TPSA) is 29.3 Å². The quantitative estimate of drug-likeness (QED) is 0.862. The largest absolute Gasteiger partial charge is 0.378 e. The predicted octanol–water partition coefficient (Wildman–Crippen LogP) is 3.33. The van der Waals surface area contributed by atoms with E-state index < -0.39 is 0 Å². The molecule has 1 saturated carbocycles. The number of rotatable bonds is 4. The summed E-state index contributed by atoms with van der Waals surface area (Å²) in [5, 5.41) is 0. The molecule has 1 aliphatic carbocycles. The summed E-state index contributed by atoms with van der Waals surface area (Å²) in [5.74, 6) is 0.860. The highest BCUT2D eigenvalue weighted by molar-refractivity contribution is 5.46. The van der Waals surface area contributed by atoms with E-state index >= 15 is 0 Å². The van der Waals surface area contributed by atoms with Crippen LogP contribution in [0.5, 0.6) is 0 Å². The minimum absolute atomic E-state index is 0.217. The second-order valence-corrected chi connectivity index (χ2v) is 5.48. The monoisotopic (exact) mass is 232 g/mol. The van der Waals surface area contributed by atoms with Crippen LogP contribution in [0.1, 0.15) is 43.7 Å². The van der Waals surface area contributed by atoms with Gasteiger partial charge in [-0.15, -0.1) is 0 Å². The Morgan fingerprint density at radius 3 is 2.29 bits per heavy atom. The molecular weight excluding hydrogens is 208 g/mol. The molecule has 2 rings (SSSR count). The minimum atomic E-state index is 0.217. The highest BCUT2D eigenvalue weighted by Crippen LogP contribution is 2.32. The number of hydrogen-bond donors (Lipinski definition) is 1. The molecule has 0 spiro atoms. The first-order valence-corrected chi connectivity index (χ1v) is 6.69. The lowest BCUT2D eigenvalue weighted by Gasteiger charge is -2.18. The molecule has 0 saturated heterocycles. The highest BCUT2D eigenvalue weighted by Gasteiger charge is 2.18. The van der Waals surface area contributed by atoms with Gasteiger partial charge in [-0.25, -0.2) is 0 Å². The summed E-state index contributed by atoms with van der Waals surface area (Å²) in [6.07, 6.45) is 6.71. The molecule has 0 bridgehead atoms. The predicted molar refractivity (Wildman–Crippen MR) is 74.3 cm³/mol. The van der Waals surface area contributed by atoms with Gasteiger partial charge in [0.2, 0.25) is 0 Å². The molecule has 17 heavy (non-hydrogen) atoms. The maximum absolute atomic E-state index is 6.29. The summed E-state index contributed by atoms with van der Waals surface area (Å²) in [6.45, 7) is 0. The van der Waals surface area contributed by atoms with Gasteiger partial charge in [-0.3, -0.25) is 0 Å². The van der Waals surface area contributed by atoms with E-state index in [-0.39, 0.29) is 6.04 Å². The Labute approximate surface area is 105 Å². The Bertz CT molecular complexity index is 336. The van der Waals surface area contributed by atoms with Crippen LogP contribution in [0.3, 0.4) is 0 Å². The summed E-state index contributed by atoms with van der Waals surface area (Å²) < 4.78 is 0. The van der Waals surface area contributed by atoms with E-state index in [2.05, 4.69) is 43.3 Å². The fraction of sp³-hybridized carbons (Fsp3) is 0.600. The molecule has 2 heteroatoms. The normalized spacial score (nSPS) is 18.3. The average molecular weight is 232 g/mol. The summed E-state index contributed by atoms with van der Waals surface area (Å²) >= 11 is 0. The van der Waals surface area contributed by atoms with Crippen molar-refractivity contribution in [2.75, 3.05) is 19.0 Å². The van der Waals surface area contributed by atoms with Gasteiger partial charge < -0.3 is 10.6 Å². The number of nitrogens with two attached hydrogens (primary N) is 1. The molecule has 0 aromatic heterocycles. The van der Waals surface area contributed by atoms with Crippen molar-refractivity contribution in [3.05, 3.63) is 29.8 Å². The maximum atomic E-state index is 6.29. The summed E-state index contributed by atoms with van der Waals surface area (Å²) in [7, 11) is 4.13. The molecular formula is C15H24N2. The van der Waals surface area contributed by atoms with E-state index in [0.717, 1.165) is 12.3 Å². The van der Waals surface area contributed by atoms with Gasteiger partial charge in [0, 0.05) is 25.8 Å². The number of hydrogen-bond acceptors (Lipinski definition) is 2. The first kappa shape index (κ1) is 12.4. The summed E-state index contributed by atoms with van der Waals surface area (Å²) in [5.41, 5.74) is 8.81. The number of benzene rings is 1. The van der Waals surface area contributed by atoms with Crippen molar-refractivity contribution in [1.82, 2.24) is 0 Å². The third kappa shape index (κ3) is 3.22. The first-order valence-electron chi connectivity index (χ1n) is 6.69. The van der Waals surface area contributed by atoms with Crippen LogP contribution < -0.4 is 10.6 Å². The van der Waals surface area contributed by atoms with Crippen LogP contribution in [-0.2, 0) is 0 Å².